The van der Waals surface area contributed by atoms with E-state index < -0.39 is 22.7 Å². The Hall–Kier alpha value is -1.60. The molecule has 0 radical (unpaired) electrons. The van der Waals surface area contributed by atoms with Gasteiger partial charge in [-0.3, -0.25) is 4.21 Å². The average molecular weight is 271 g/mol. The van der Waals surface area contributed by atoms with E-state index in [0.29, 0.717) is 5.56 Å². The molecular formula is C11H15N2O4S-. The average Bonchev–Trinajstić information content (AvgIpc) is 2.17. The number of rotatable bonds is 3. The smallest absolute Gasteiger partial charge is 0.336 e. The van der Waals surface area contributed by atoms with Gasteiger partial charge in [0.1, 0.15) is 0 Å². The third-order valence-corrected chi connectivity index (χ3v) is 2.77. The van der Waals surface area contributed by atoms with Gasteiger partial charge in [0.15, 0.2) is 0 Å². The first-order valence-electron chi connectivity index (χ1n) is 5.16. The van der Waals surface area contributed by atoms with Gasteiger partial charge in [-0.15, -0.1) is 0 Å². The van der Waals surface area contributed by atoms with Gasteiger partial charge in [-0.2, -0.15) is 0 Å². The molecule has 0 aliphatic carbocycles. The number of benzene rings is 1. The van der Waals surface area contributed by atoms with Crippen LogP contribution in [-0.2, 0) is 16.7 Å². The fraction of sp³-hybridized carbons (Fsp3) is 0.364. The maximum atomic E-state index is 11.2. The van der Waals surface area contributed by atoms with E-state index in [1.807, 2.05) is 0 Å². The zero-order chi connectivity index (χ0) is 14.1. The first-order chi connectivity index (χ1) is 8.14. The van der Waals surface area contributed by atoms with Gasteiger partial charge in [0.2, 0.25) is 0 Å². The lowest BCUT2D eigenvalue weighted by molar-refractivity contribution is 0.0694. The number of nitrogens with one attached hydrogen (secondary N) is 1. The maximum absolute atomic E-state index is 11.2. The normalized spacial score (nSPS) is 13.1. The lowest BCUT2D eigenvalue weighted by Gasteiger charge is -2.27. The lowest BCUT2D eigenvalue weighted by atomic mass is 9.82. The fourth-order valence-electron chi connectivity index (χ4n) is 1.77. The molecule has 0 bridgehead atoms. The van der Waals surface area contributed by atoms with Crippen molar-refractivity contribution in [1.82, 2.24) is 0 Å². The first kappa shape index (κ1) is 14.5. The fourth-order valence-corrected chi connectivity index (χ4v) is 2.16. The summed E-state index contributed by atoms with van der Waals surface area (Å²) >= 11 is -2.57. The van der Waals surface area contributed by atoms with Crippen molar-refractivity contribution in [2.45, 2.75) is 26.2 Å². The molecule has 1 atom stereocenters. The highest BCUT2D eigenvalue weighted by Crippen LogP contribution is 2.36. The van der Waals surface area contributed by atoms with Crippen molar-refractivity contribution in [2.24, 2.45) is 0 Å². The zero-order valence-electron chi connectivity index (χ0n) is 10.3. The highest BCUT2D eigenvalue weighted by Gasteiger charge is 2.26. The van der Waals surface area contributed by atoms with E-state index >= 15 is 0 Å². The third kappa shape index (κ3) is 2.99. The van der Waals surface area contributed by atoms with E-state index in [4.69, 9.17) is 10.8 Å². The van der Waals surface area contributed by atoms with Gasteiger partial charge in [0.05, 0.1) is 16.9 Å². The highest BCUT2D eigenvalue weighted by atomic mass is 32.2. The van der Waals surface area contributed by atoms with Crippen LogP contribution in [0.3, 0.4) is 0 Å². The van der Waals surface area contributed by atoms with Crippen LogP contribution in [0.1, 0.15) is 36.7 Å². The maximum Gasteiger partial charge on any atom is 0.336 e. The molecule has 6 nitrogen and oxygen atoms in total. The summed E-state index contributed by atoms with van der Waals surface area (Å²) in [4.78, 5) is 11.2. The lowest BCUT2D eigenvalue weighted by Crippen LogP contribution is -2.21. The van der Waals surface area contributed by atoms with Crippen LogP contribution in [0.5, 0.6) is 0 Å². The minimum absolute atomic E-state index is 0.0321. The van der Waals surface area contributed by atoms with Gasteiger partial charge in [0.25, 0.3) is 0 Å². The van der Waals surface area contributed by atoms with E-state index in [0.717, 1.165) is 0 Å². The summed E-state index contributed by atoms with van der Waals surface area (Å²) in [5.41, 5.74) is 5.84. The molecule has 1 aromatic carbocycles. The van der Waals surface area contributed by atoms with Crippen molar-refractivity contribution in [2.75, 3.05) is 10.5 Å². The van der Waals surface area contributed by atoms with Gasteiger partial charge in [0, 0.05) is 11.3 Å². The number of carboxylic acid groups (broad SMARTS) is 1. The Morgan fingerprint density at radius 2 is 2.00 bits per heavy atom. The predicted octanol–water partition coefficient (Wildman–Crippen LogP) is 1.47. The summed E-state index contributed by atoms with van der Waals surface area (Å²) in [5, 5.41) is 9.16. The minimum atomic E-state index is -2.57. The molecule has 7 heteroatoms. The van der Waals surface area contributed by atoms with E-state index in [1.54, 1.807) is 20.8 Å². The molecule has 0 heterocycles. The second-order valence-corrected chi connectivity index (χ2v) is 5.52. The van der Waals surface area contributed by atoms with E-state index in [-0.39, 0.29) is 16.9 Å². The van der Waals surface area contributed by atoms with Crippen LogP contribution in [0.15, 0.2) is 12.1 Å². The van der Waals surface area contributed by atoms with Crippen LogP contribution >= 0.6 is 0 Å². The molecule has 0 aliphatic heterocycles. The Morgan fingerprint density at radius 3 is 2.39 bits per heavy atom. The molecule has 18 heavy (non-hydrogen) atoms. The quantitative estimate of drug-likeness (QED) is 0.568. The van der Waals surface area contributed by atoms with Crippen LogP contribution in [-0.4, -0.2) is 19.8 Å². The van der Waals surface area contributed by atoms with Gasteiger partial charge >= 0.3 is 5.97 Å². The molecule has 100 valence electrons. The number of hydrogen-bond acceptors (Lipinski definition) is 4. The van der Waals surface area contributed by atoms with Crippen molar-refractivity contribution < 1.29 is 18.7 Å². The Morgan fingerprint density at radius 1 is 1.44 bits per heavy atom. The van der Waals surface area contributed by atoms with Crippen LogP contribution in [0.4, 0.5) is 11.4 Å². The van der Waals surface area contributed by atoms with Crippen molar-refractivity contribution in [1.29, 1.82) is 0 Å². The predicted molar refractivity (Wildman–Crippen MR) is 69.1 cm³/mol. The summed E-state index contributed by atoms with van der Waals surface area (Å²) in [5.74, 6) is -1.13. The molecule has 0 fully saturated rings. The zero-order valence-corrected chi connectivity index (χ0v) is 11.1. The largest absolute Gasteiger partial charge is 0.755 e. The van der Waals surface area contributed by atoms with E-state index in [1.165, 1.54) is 12.1 Å². The number of carbonyl (C=O) groups is 1. The Balaban J connectivity index is 3.60. The molecule has 1 rings (SSSR count). The van der Waals surface area contributed by atoms with Crippen molar-refractivity contribution in [3.8, 4) is 0 Å². The number of carboxylic acids is 1. The Kier molecular flexibility index (Phi) is 3.98. The van der Waals surface area contributed by atoms with Crippen LogP contribution < -0.4 is 10.5 Å². The first-order valence-corrected chi connectivity index (χ1v) is 6.24. The molecule has 0 saturated heterocycles. The van der Waals surface area contributed by atoms with Crippen molar-refractivity contribution >= 4 is 28.6 Å². The summed E-state index contributed by atoms with van der Waals surface area (Å²) in [6.45, 7) is 5.35. The molecule has 0 amide bonds. The topological polar surface area (TPSA) is 115 Å². The molecule has 1 aromatic rings. The molecular weight excluding hydrogens is 256 g/mol. The van der Waals surface area contributed by atoms with Crippen molar-refractivity contribution in [3.05, 3.63) is 23.3 Å². The van der Waals surface area contributed by atoms with Gasteiger partial charge in [-0.25, -0.2) is 4.79 Å². The monoisotopic (exact) mass is 271 g/mol. The van der Waals surface area contributed by atoms with Gasteiger partial charge in [-0.1, -0.05) is 20.8 Å². The number of aromatic carboxylic acids is 1. The Bertz CT molecular complexity index is 509. The summed E-state index contributed by atoms with van der Waals surface area (Å²) in [6.07, 6.45) is 0. The van der Waals surface area contributed by atoms with Crippen LogP contribution in [0.25, 0.3) is 0 Å². The Labute approximate surface area is 108 Å². The number of anilines is 2. The number of nitrogens with two attached hydrogens (primary N) is 1. The van der Waals surface area contributed by atoms with Crippen LogP contribution in [0, 0.1) is 0 Å². The molecule has 4 N–H and O–H groups in total. The van der Waals surface area contributed by atoms with Crippen molar-refractivity contribution in [3.63, 3.8) is 0 Å². The van der Waals surface area contributed by atoms with E-state index in [9.17, 15) is 13.6 Å². The van der Waals surface area contributed by atoms with Gasteiger partial charge in [-0.05, 0) is 23.1 Å². The summed E-state index contributed by atoms with van der Waals surface area (Å²) in [6, 6.07) is 2.74. The SMILES string of the molecule is CC(C)(C)c1c(C(=O)O)ccc(N)c1NS(=O)[O-]. The molecule has 0 aromatic heterocycles. The summed E-state index contributed by atoms with van der Waals surface area (Å²) < 4.78 is 23.7. The third-order valence-electron chi connectivity index (χ3n) is 2.40. The summed E-state index contributed by atoms with van der Waals surface area (Å²) in [7, 11) is 0. The number of nitrogen functional groups attached to an aromatic ring is 1. The standard InChI is InChI=1S/C11H16N2O4S/c1-11(2,3)8-6(10(14)15)4-5-7(12)9(8)13-18(16)17/h4-5,13H,12H2,1-3H3,(H,14,15)(H,16,17)/p-1. The minimum Gasteiger partial charge on any atom is -0.755 e. The highest BCUT2D eigenvalue weighted by molar-refractivity contribution is 7.80. The second-order valence-electron chi connectivity index (χ2n) is 4.84. The van der Waals surface area contributed by atoms with Crippen LogP contribution in [0.2, 0.25) is 0 Å². The number of hydrogen-bond donors (Lipinski definition) is 3. The molecule has 1 unspecified atom stereocenters. The molecule has 0 aliphatic rings. The molecule has 0 saturated carbocycles. The van der Waals surface area contributed by atoms with Gasteiger partial charge < -0.3 is 20.1 Å². The molecule has 0 spiro atoms. The second kappa shape index (κ2) is 4.95. The van der Waals surface area contributed by atoms with E-state index in [2.05, 4.69) is 4.72 Å².